The summed E-state index contributed by atoms with van der Waals surface area (Å²) in [6.07, 6.45) is 5.22. The number of rotatable bonds is 2. The van der Waals surface area contributed by atoms with Gasteiger partial charge in [-0.1, -0.05) is 0 Å². The topological polar surface area (TPSA) is 38.0 Å². The fourth-order valence-corrected chi connectivity index (χ4v) is 0.827. The van der Waals surface area contributed by atoms with Gasteiger partial charge >= 0.3 is 0 Å². The molecular weight excluding hydrogens is 128 g/mol. The van der Waals surface area contributed by atoms with E-state index in [0.717, 1.165) is 0 Å². The highest BCUT2D eigenvalue weighted by atomic mass is 16.3. The lowest BCUT2D eigenvalue weighted by atomic mass is 10.1. The van der Waals surface area contributed by atoms with Crippen molar-refractivity contribution in [2.75, 3.05) is 0 Å². The summed E-state index contributed by atoms with van der Waals surface area (Å²) in [6, 6.07) is 0. The van der Waals surface area contributed by atoms with Crippen molar-refractivity contribution in [3.05, 3.63) is 18.7 Å². The van der Waals surface area contributed by atoms with E-state index in [1.54, 1.807) is 26.4 Å². The van der Waals surface area contributed by atoms with Gasteiger partial charge in [-0.3, -0.25) is 0 Å². The second kappa shape index (κ2) is 2.42. The van der Waals surface area contributed by atoms with E-state index in [2.05, 4.69) is 4.98 Å². The summed E-state index contributed by atoms with van der Waals surface area (Å²) in [7, 11) is 0. The molecule has 1 N–H and O–H groups in total. The molecule has 0 atom stereocenters. The van der Waals surface area contributed by atoms with Crippen molar-refractivity contribution in [2.24, 2.45) is 0 Å². The lowest BCUT2D eigenvalue weighted by Crippen LogP contribution is -2.25. The maximum atomic E-state index is 9.34. The van der Waals surface area contributed by atoms with Crippen LogP contribution in [-0.2, 0) is 6.54 Å². The molecule has 0 amide bonds. The molecule has 0 aromatic carbocycles. The molecule has 1 aromatic rings. The Kier molecular flexibility index (Phi) is 1.76. The third-order valence-electron chi connectivity index (χ3n) is 1.13. The average Bonchev–Trinajstić information content (AvgIpc) is 2.12. The predicted octanol–water partition coefficient (Wildman–Crippen LogP) is 0.654. The van der Waals surface area contributed by atoms with Crippen LogP contribution in [0.1, 0.15) is 13.8 Å². The minimum absolute atomic E-state index is 0.590. The van der Waals surface area contributed by atoms with Crippen molar-refractivity contribution < 1.29 is 5.11 Å². The summed E-state index contributed by atoms with van der Waals surface area (Å²) in [5.41, 5.74) is -0.652. The smallest absolute Gasteiger partial charge is 0.0946 e. The molecule has 0 aliphatic rings. The molecule has 1 heterocycles. The molecule has 0 aliphatic carbocycles. The van der Waals surface area contributed by atoms with Crippen LogP contribution in [0.4, 0.5) is 0 Å². The van der Waals surface area contributed by atoms with Crippen molar-refractivity contribution in [1.29, 1.82) is 0 Å². The maximum Gasteiger partial charge on any atom is 0.0946 e. The highest BCUT2D eigenvalue weighted by Gasteiger charge is 2.11. The first-order chi connectivity index (χ1) is 4.58. The molecular formula is C7H12N2O. The molecule has 1 rings (SSSR count). The number of hydrogen-bond donors (Lipinski definition) is 1. The quantitative estimate of drug-likeness (QED) is 0.655. The molecule has 0 unspecified atom stereocenters. The zero-order valence-corrected chi connectivity index (χ0v) is 6.28. The van der Waals surface area contributed by atoms with E-state index in [0.29, 0.717) is 6.54 Å². The van der Waals surface area contributed by atoms with Crippen LogP contribution >= 0.6 is 0 Å². The highest BCUT2D eigenvalue weighted by Crippen LogP contribution is 2.03. The van der Waals surface area contributed by atoms with Gasteiger partial charge in [-0.25, -0.2) is 4.98 Å². The molecule has 3 nitrogen and oxygen atoms in total. The molecule has 1 aromatic heterocycles. The van der Waals surface area contributed by atoms with Gasteiger partial charge in [0, 0.05) is 12.4 Å². The van der Waals surface area contributed by atoms with Gasteiger partial charge in [-0.15, -0.1) is 0 Å². The Labute approximate surface area is 60.3 Å². The summed E-state index contributed by atoms with van der Waals surface area (Å²) >= 11 is 0. The summed E-state index contributed by atoms with van der Waals surface area (Å²) < 4.78 is 1.85. The molecule has 0 spiro atoms. The van der Waals surface area contributed by atoms with Gasteiger partial charge in [0.15, 0.2) is 0 Å². The number of hydrogen-bond acceptors (Lipinski definition) is 2. The Morgan fingerprint density at radius 2 is 2.30 bits per heavy atom. The lowest BCUT2D eigenvalue weighted by Gasteiger charge is -2.16. The molecule has 56 valence electrons. The Morgan fingerprint density at radius 3 is 2.70 bits per heavy atom. The first kappa shape index (κ1) is 7.28. The number of aromatic nitrogens is 2. The molecule has 0 saturated heterocycles. The van der Waals surface area contributed by atoms with Gasteiger partial charge in [-0.2, -0.15) is 0 Å². The molecule has 0 aliphatic heterocycles. The van der Waals surface area contributed by atoms with E-state index in [-0.39, 0.29) is 0 Å². The van der Waals surface area contributed by atoms with Crippen molar-refractivity contribution in [2.45, 2.75) is 26.0 Å². The summed E-state index contributed by atoms with van der Waals surface area (Å²) in [5.74, 6) is 0. The Morgan fingerprint density at radius 1 is 1.60 bits per heavy atom. The van der Waals surface area contributed by atoms with E-state index >= 15 is 0 Å². The molecule has 0 saturated carbocycles. The first-order valence-corrected chi connectivity index (χ1v) is 3.26. The van der Waals surface area contributed by atoms with Crippen molar-refractivity contribution in [1.82, 2.24) is 9.55 Å². The van der Waals surface area contributed by atoms with E-state index in [1.807, 2.05) is 10.8 Å². The van der Waals surface area contributed by atoms with Crippen LogP contribution < -0.4 is 0 Å². The monoisotopic (exact) mass is 140 g/mol. The number of imidazole rings is 1. The van der Waals surface area contributed by atoms with Crippen LogP contribution in [-0.4, -0.2) is 20.3 Å². The fraction of sp³-hybridized carbons (Fsp3) is 0.571. The standard InChI is InChI=1S/C7H12N2O/c1-7(2,10)5-9-4-3-8-6-9/h3-4,6,10H,5H2,1-2H3. The normalized spacial score (nSPS) is 11.9. The largest absolute Gasteiger partial charge is 0.389 e. The molecule has 0 radical (unpaired) electrons. The zero-order chi connectivity index (χ0) is 7.61. The summed E-state index contributed by atoms with van der Waals surface area (Å²) in [5, 5.41) is 9.34. The van der Waals surface area contributed by atoms with Gasteiger partial charge in [0.1, 0.15) is 0 Å². The van der Waals surface area contributed by atoms with Gasteiger partial charge in [-0.05, 0) is 13.8 Å². The van der Waals surface area contributed by atoms with Crippen LogP contribution in [0.2, 0.25) is 0 Å². The Bertz CT molecular complexity index is 186. The van der Waals surface area contributed by atoms with Crippen molar-refractivity contribution >= 4 is 0 Å². The third-order valence-corrected chi connectivity index (χ3v) is 1.13. The van der Waals surface area contributed by atoms with Crippen molar-refractivity contribution in [3.8, 4) is 0 Å². The van der Waals surface area contributed by atoms with Crippen LogP contribution in [0, 0.1) is 0 Å². The van der Waals surface area contributed by atoms with E-state index in [9.17, 15) is 5.11 Å². The first-order valence-electron chi connectivity index (χ1n) is 3.26. The molecule has 0 fully saturated rings. The molecule has 3 heteroatoms. The van der Waals surface area contributed by atoms with Crippen LogP contribution in [0.5, 0.6) is 0 Å². The third kappa shape index (κ3) is 2.19. The molecule has 10 heavy (non-hydrogen) atoms. The van der Waals surface area contributed by atoms with Crippen molar-refractivity contribution in [3.63, 3.8) is 0 Å². The van der Waals surface area contributed by atoms with E-state index < -0.39 is 5.60 Å². The minimum Gasteiger partial charge on any atom is -0.389 e. The van der Waals surface area contributed by atoms with Gasteiger partial charge in [0.2, 0.25) is 0 Å². The second-order valence-corrected chi connectivity index (χ2v) is 3.05. The zero-order valence-electron chi connectivity index (χ0n) is 6.28. The van der Waals surface area contributed by atoms with E-state index in [4.69, 9.17) is 0 Å². The van der Waals surface area contributed by atoms with E-state index in [1.165, 1.54) is 0 Å². The maximum absolute atomic E-state index is 9.34. The van der Waals surface area contributed by atoms with Crippen LogP contribution in [0.25, 0.3) is 0 Å². The second-order valence-electron chi connectivity index (χ2n) is 3.05. The SMILES string of the molecule is CC(C)(O)Cn1ccnc1. The Balaban J connectivity index is 2.57. The summed E-state index contributed by atoms with van der Waals surface area (Å²) in [4.78, 5) is 3.86. The lowest BCUT2D eigenvalue weighted by molar-refractivity contribution is 0.0615. The fourth-order valence-electron chi connectivity index (χ4n) is 0.827. The Hall–Kier alpha value is -0.830. The van der Waals surface area contributed by atoms with Gasteiger partial charge in [0.25, 0.3) is 0 Å². The van der Waals surface area contributed by atoms with Gasteiger partial charge in [0.05, 0.1) is 18.5 Å². The number of aliphatic hydroxyl groups is 1. The van der Waals surface area contributed by atoms with Crippen LogP contribution in [0.15, 0.2) is 18.7 Å². The van der Waals surface area contributed by atoms with Gasteiger partial charge < -0.3 is 9.67 Å². The minimum atomic E-state index is -0.652. The predicted molar refractivity (Wildman–Crippen MR) is 38.5 cm³/mol. The average molecular weight is 140 g/mol. The molecule has 0 bridgehead atoms. The highest BCUT2D eigenvalue weighted by molar-refractivity contribution is 4.78. The number of nitrogens with zero attached hydrogens (tertiary/aromatic N) is 2. The summed E-state index contributed by atoms with van der Waals surface area (Å²) in [6.45, 7) is 4.13. The van der Waals surface area contributed by atoms with Crippen LogP contribution in [0.3, 0.4) is 0 Å².